The highest BCUT2D eigenvalue weighted by atomic mass is 16.4. The number of carboxylic acid groups (broad SMARTS) is 2. The van der Waals surface area contributed by atoms with E-state index in [1.54, 1.807) is 24.5 Å². The lowest BCUT2D eigenvalue weighted by Crippen LogP contribution is -2.28. The molecule has 29 heavy (non-hydrogen) atoms. The molecule has 0 bridgehead atoms. The molecule has 1 amide bonds. The van der Waals surface area contributed by atoms with Crippen LogP contribution in [-0.2, 0) is 27.2 Å². The van der Waals surface area contributed by atoms with Gasteiger partial charge in [-0.1, -0.05) is 12.1 Å². The number of para-hydroxylation sites is 1. The van der Waals surface area contributed by atoms with Crippen molar-refractivity contribution in [3.8, 4) is 0 Å². The number of benzene rings is 1. The lowest BCUT2D eigenvalue weighted by Gasteiger charge is -2.21. The van der Waals surface area contributed by atoms with Crippen molar-refractivity contribution in [2.24, 2.45) is 5.92 Å². The van der Waals surface area contributed by atoms with Crippen molar-refractivity contribution in [2.45, 2.75) is 26.2 Å². The molecule has 1 atom stereocenters. The molecule has 1 aromatic heterocycles. The first-order valence-electron chi connectivity index (χ1n) is 8.83. The molecule has 9 nitrogen and oxygen atoms in total. The van der Waals surface area contributed by atoms with Crippen LogP contribution in [-0.4, -0.2) is 43.8 Å². The van der Waals surface area contributed by atoms with Crippen LogP contribution in [0, 0.1) is 5.92 Å². The van der Waals surface area contributed by atoms with Crippen molar-refractivity contribution in [1.82, 2.24) is 9.97 Å². The average Bonchev–Trinajstić information content (AvgIpc) is 3.15. The van der Waals surface area contributed by atoms with E-state index in [0.717, 1.165) is 24.2 Å². The molecule has 0 radical (unpaired) electrons. The molecule has 1 aliphatic rings. The number of imidazole rings is 1. The molecule has 0 fully saturated rings. The van der Waals surface area contributed by atoms with E-state index in [-0.39, 0.29) is 17.6 Å². The molecule has 1 aliphatic carbocycles. The summed E-state index contributed by atoms with van der Waals surface area (Å²) in [6.07, 6.45) is 5.06. The summed E-state index contributed by atoms with van der Waals surface area (Å²) in [5, 5.41) is 18.5. The van der Waals surface area contributed by atoms with E-state index in [1.165, 1.54) is 6.92 Å². The SMILES string of the molecule is CC(=O)c1ccccc1NC(=O)C1CCc2nc[nH]c2C1.O=C(O)C=CC(=O)O. The van der Waals surface area contributed by atoms with Gasteiger partial charge in [0.25, 0.3) is 0 Å². The smallest absolute Gasteiger partial charge is 0.328 e. The summed E-state index contributed by atoms with van der Waals surface area (Å²) in [5.74, 6) is -2.69. The first-order chi connectivity index (χ1) is 13.8. The molecule has 0 aliphatic heterocycles. The molecule has 0 saturated heterocycles. The Morgan fingerprint density at radius 2 is 1.79 bits per heavy atom. The van der Waals surface area contributed by atoms with Gasteiger partial charge >= 0.3 is 11.9 Å². The van der Waals surface area contributed by atoms with E-state index < -0.39 is 11.9 Å². The maximum atomic E-state index is 12.4. The third kappa shape index (κ3) is 6.42. The molecular formula is C20H21N3O6. The number of aromatic amines is 1. The van der Waals surface area contributed by atoms with E-state index in [1.807, 2.05) is 6.07 Å². The van der Waals surface area contributed by atoms with E-state index in [0.29, 0.717) is 29.8 Å². The van der Waals surface area contributed by atoms with Crippen molar-refractivity contribution in [3.63, 3.8) is 0 Å². The second-order valence-corrected chi connectivity index (χ2v) is 6.37. The number of aromatic nitrogens is 2. The number of H-pyrrole nitrogens is 1. The molecular weight excluding hydrogens is 378 g/mol. The molecule has 0 saturated carbocycles. The van der Waals surface area contributed by atoms with Crippen LogP contribution in [0.1, 0.15) is 35.1 Å². The number of rotatable bonds is 5. The number of hydrogen-bond acceptors (Lipinski definition) is 5. The number of carboxylic acids is 2. The zero-order chi connectivity index (χ0) is 21.4. The lowest BCUT2D eigenvalue weighted by molar-refractivity contribution is -0.134. The van der Waals surface area contributed by atoms with Crippen LogP contribution in [0.15, 0.2) is 42.7 Å². The number of nitrogens with one attached hydrogen (secondary N) is 2. The molecule has 1 aromatic carbocycles. The van der Waals surface area contributed by atoms with Crippen molar-refractivity contribution < 1.29 is 29.4 Å². The zero-order valence-corrected chi connectivity index (χ0v) is 15.7. The van der Waals surface area contributed by atoms with Gasteiger partial charge in [0.05, 0.1) is 17.7 Å². The minimum absolute atomic E-state index is 0.0380. The normalized spacial score (nSPS) is 15.0. The minimum atomic E-state index is -1.26. The quantitative estimate of drug-likeness (QED) is 0.444. The van der Waals surface area contributed by atoms with Gasteiger partial charge in [-0.15, -0.1) is 0 Å². The van der Waals surface area contributed by atoms with E-state index in [4.69, 9.17) is 10.2 Å². The van der Waals surface area contributed by atoms with E-state index in [9.17, 15) is 19.2 Å². The molecule has 1 unspecified atom stereocenters. The highest BCUT2D eigenvalue weighted by Gasteiger charge is 2.26. The number of nitrogens with zero attached hydrogens (tertiary/aromatic N) is 1. The Balaban J connectivity index is 0.000000321. The van der Waals surface area contributed by atoms with E-state index in [2.05, 4.69) is 15.3 Å². The van der Waals surface area contributed by atoms with Gasteiger partial charge in [0.1, 0.15) is 0 Å². The van der Waals surface area contributed by atoms with Crippen LogP contribution in [0.2, 0.25) is 0 Å². The largest absolute Gasteiger partial charge is 0.478 e. The minimum Gasteiger partial charge on any atom is -0.478 e. The van der Waals surface area contributed by atoms with Crippen molar-refractivity contribution in [2.75, 3.05) is 5.32 Å². The van der Waals surface area contributed by atoms with Gasteiger partial charge in [-0.2, -0.15) is 0 Å². The fourth-order valence-corrected chi connectivity index (χ4v) is 2.90. The number of carbonyl (C=O) groups excluding carboxylic acids is 2. The number of Topliss-reactive ketones (excluding diaryl/α,β-unsaturated/α-hetero) is 1. The number of aryl methyl sites for hydroxylation is 1. The summed E-state index contributed by atoms with van der Waals surface area (Å²) < 4.78 is 0. The van der Waals surface area contributed by atoms with Crippen LogP contribution in [0.25, 0.3) is 0 Å². The Labute approximate surface area is 166 Å². The average molecular weight is 399 g/mol. The van der Waals surface area contributed by atoms with Gasteiger partial charge < -0.3 is 20.5 Å². The van der Waals surface area contributed by atoms with Crippen molar-refractivity contribution >= 4 is 29.3 Å². The van der Waals surface area contributed by atoms with Gasteiger partial charge in [-0.3, -0.25) is 9.59 Å². The van der Waals surface area contributed by atoms with Gasteiger partial charge in [-0.05, 0) is 31.9 Å². The lowest BCUT2D eigenvalue weighted by atomic mass is 9.89. The molecule has 0 spiro atoms. The number of hydrogen-bond donors (Lipinski definition) is 4. The summed E-state index contributed by atoms with van der Waals surface area (Å²) in [6.45, 7) is 1.50. The second-order valence-electron chi connectivity index (χ2n) is 6.37. The number of carbonyl (C=O) groups is 4. The predicted molar refractivity (Wildman–Crippen MR) is 104 cm³/mol. The number of fused-ring (bicyclic) bond motifs is 1. The van der Waals surface area contributed by atoms with Crippen LogP contribution in [0.5, 0.6) is 0 Å². The van der Waals surface area contributed by atoms with Crippen molar-refractivity contribution in [1.29, 1.82) is 0 Å². The summed E-state index contributed by atoms with van der Waals surface area (Å²) in [4.78, 5) is 50.4. The van der Waals surface area contributed by atoms with Crippen LogP contribution < -0.4 is 5.32 Å². The summed E-state index contributed by atoms with van der Waals surface area (Å²) >= 11 is 0. The van der Waals surface area contributed by atoms with Crippen molar-refractivity contribution in [3.05, 3.63) is 59.7 Å². The molecule has 2 aromatic rings. The fraction of sp³-hybridized carbons (Fsp3) is 0.250. The highest BCUT2D eigenvalue weighted by Crippen LogP contribution is 2.25. The Hall–Kier alpha value is -3.75. The number of anilines is 1. The molecule has 3 rings (SSSR count). The maximum absolute atomic E-state index is 12.4. The van der Waals surface area contributed by atoms with Gasteiger partial charge in [0.2, 0.25) is 5.91 Å². The third-order valence-electron chi connectivity index (χ3n) is 4.29. The van der Waals surface area contributed by atoms with Gasteiger partial charge in [0, 0.05) is 35.7 Å². The third-order valence-corrected chi connectivity index (χ3v) is 4.29. The molecule has 9 heteroatoms. The Morgan fingerprint density at radius 1 is 1.14 bits per heavy atom. The molecule has 4 N–H and O–H groups in total. The van der Waals surface area contributed by atoms with Gasteiger partial charge in [0.15, 0.2) is 5.78 Å². The summed E-state index contributed by atoms with van der Waals surface area (Å²) in [7, 11) is 0. The first kappa shape index (κ1) is 21.5. The summed E-state index contributed by atoms with van der Waals surface area (Å²) in [5.41, 5.74) is 3.23. The topological polar surface area (TPSA) is 149 Å². The highest BCUT2D eigenvalue weighted by molar-refractivity contribution is 6.04. The van der Waals surface area contributed by atoms with Crippen LogP contribution >= 0.6 is 0 Å². The second kappa shape index (κ2) is 9.98. The molecule has 1 heterocycles. The zero-order valence-electron chi connectivity index (χ0n) is 15.7. The van der Waals surface area contributed by atoms with Gasteiger partial charge in [-0.25, -0.2) is 14.6 Å². The Kier molecular flexibility index (Phi) is 7.41. The number of amides is 1. The number of aliphatic carboxylic acids is 2. The van der Waals surface area contributed by atoms with E-state index >= 15 is 0 Å². The Bertz CT molecular complexity index is 931. The molecule has 152 valence electrons. The first-order valence-corrected chi connectivity index (χ1v) is 8.83. The van der Waals surface area contributed by atoms with Crippen LogP contribution in [0.4, 0.5) is 5.69 Å². The number of ketones is 1. The Morgan fingerprint density at radius 3 is 2.41 bits per heavy atom. The van der Waals surface area contributed by atoms with Crippen LogP contribution in [0.3, 0.4) is 0 Å². The monoisotopic (exact) mass is 399 g/mol. The maximum Gasteiger partial charge on any atom is 0.328 e. The standard InChI is InChI=1S/C16H17N3O2.C4H4O4/c1-10(20)12-4-2-3-5-13(12)19-16(21)11-6-7-14-15(8-11)18-9-17-14;5-3(6)1-2-4(7)8/h2-5,9,11H,6-8H2,1H3,(H,17,18)(H,19,21);1-2H,(H,5,6)(H,7,8). The summed E-state index contributed by atoms with van der Waals surface area (Å²) in [6, 6.07) is 7.10. The predicted octanol–water partition coefficient (Wildman–Crippen LogP) is 2.07. The fourth-order valence-electron chi connectivity index (χ4n) is 2.90.